The molecule has 2 heterocycles. The lowest BCUT2D eigenvalue weighted by Crippen LogP contribution is -2.01. The Morgan fingerprint density at radius 2 is 1.95 bits per heavy atom. The average Bonchev–Trinajstić information content (AvgIpc) is 2.48. The van der Waals surface area contributed by atoms with Crippen molar-refractivity contribution in [2.75, 3.05) is 12.8 Å². The molecule has 0 aliphatic rings. The molecular weight excluding hydrogens is 283 g/mol. The highest BCUT2D eigenvalue weighted by atomic mass is 19.1. The molecule has 3 aromatic rings. The molecule has 3 rings (SSSR count). The van der Waals surface area contributed by atoms with Gasteiger partial charge in [-0.15, -0.1) is 0 Å². The van der Waals surface area contributed by atoms with E-state index in [1.165, 1.54) is 12.4 Å². The number of ether oxygens (including phenoxy) is 1. The molecule has 0 spiro atoms. The number of anilines is 1. The molecule has 0 saturated heterocycles. The van der Waals surface area contributed by atoms with E-state index < -0.39 is 5.95 Å². The number of methoxy groups -OCH3 is 1. The Morgan fingerprint density at radius 3 is 2.68 bits per heavy atom. The normalized spacial score (nSPS) is 10.9. The van der Waals surface area contributed by atoms with Gasteiger partial charge in [-0.1, -0.05) is 6.07 Å². The van der Waals surface area contributed by atoms with Gasteiger partial charge in [-0.3, -0.25) is 0 Å². The van der Waals surface area contributed by atoms with E-state index in [-0.39, 0.29) is 5.82 Å². The lowest BCUT2D eigenvalue weighted by molar-refractivity contribution is 0.412. The maximum absolute atomic E-state index is 14.0. The Bertz CT molecular complexity index is 880. The second-order valence-corrected chi connectivity index (χ2v) is 5.03. The highest BCUT2D eigenvalue weighted by Crippen LogP contribution is 2.35. The first-order valence-electron chi connectivity index (χ1n) is 6.74. The third kappa shape index (κ3) is 2.13. The first-order valence-corrected chi connectivity index (χ1v) is 6.74. The standard InChI is InChI=1S/C16H15FN4O/c1-8-4-5-11(22-3)9(2)13(8)15-14-10(6-12(17)21-15)16(18)20-7-19-14/h4-7H,1-3H3,(H2,18,19,20). The summed E-state index contributed by atoms with van der Waals surface area (Å²) in [5, 5.41) is 0.451. The van der Waals surface area contributed by atoms with Crippen LogP contribution in [0.4, 0.5) is 10.2 Å². The number of rotatable bonds is 2. The smallest absolute Gasteiger partial charge is 0.214 e. The minimum absolute atomic E-state index is 0.228. The molecule has 0 amide bonds. The van der Waals surface area contributed by atoms with Crippen LogP contribution in [0.5, 0.6) is 5.75 Å². The summed E-state index contributed by atoms with van der Waals surface area (Å²) in [6.45, 7) is 3.84. The number of aryl methyl sites for hydroxylation is 1. The molecular formula is C16H15FN4O. The Labute approximate surface area is 127 Å². The van der Waals surface area contributed by atoms with Gasteiger partial charge in [-0.2, -0.15) is 4.39 Å². The van der Waals surface area contributed by atoms with Gasteiger partial charge in [0.1, 0.15) is 29.1 Å². The van der Waals surface area contributed by atoms with E-state index in [0.717, 1.165) is 16.7 Å². The fourth-order valence-electron chi connectivity index (χ4n) is 2.64. The van der Waals surface area contributed by atoms with Crippen LogP contribution in [-0.2, 0) is 0 Å². The highest BCUT2D eigenvalue weighted by molar-refractivity contribution is 5.97. The average molecular weight is 298 g/mol. The zero-order valence-corrected chi connectivity index (χ0v) is 12.5. The Kier molecular flexibility index (Phi) is 3.36. The van der Waals surface area contributed by atoms with Gasteiger partial charge in [-0.25, -0.2) is 15.0 Å². The molecule has 0 aliphatic carbocycles. The molecule has 0 radical (unpaired) electrons. The molecule has 1 aromatic carbocycles. The molecule has 0 saturated carbocycles. The number of hydrogen-bond donors (Lipinski definition) is 1. The minimum atomic E-state index is -0.620. The zero-order chi connectivity index (χ0) is 15.9. The maximum atomic E-state index is 14.0. The van der Waals surface area contributed by atoms with Gasteiger partial charge in [0.15, 0.2) is 0 Å². The second kappa shape index (κ2) is 5.22. The molecule has 2 aromatic heterocycles. The van der Waals surface area contributed by atoms with Crippen LogP contribution in [0, 0.1) is 19.8 Å². The maximum Gasteiger partial charge on any atom is 0.214 e. The van der Waals surface area contributed by atoms with Gasteiger partial charge in [0.25, 0.3) is 0 Å². The molecule has 0 fully saturated rings. The van der Waals surface area contributed by atoms with Crippen LogP contribution in [0.2, 0.25) is 0 Å². The summed E-state index contributed by atoms with van der Waals surface area (Å²) in [6.07, 6.45) is 1.35. The summed E-state index contributed by atoms with van der Waals surface area (Å²) < 4.78 is 19.3. The number of nitrogens with two attached hydrogens (primary N) is 1. The summed E-state index contributed by atoms with van der Waals surface area (Å²) in [6, 6.07) is 5.03. The van der Waals surface area contributed by atoms with Gasteiger partial charge >= 0.3 is 0 Å². The van der Waals surface area contributed by atoms with Crippen LogP contribution in [0.15, 0.2) is 24.5 Å². The van der Waals surface area contributed by atoms with Crippen LogP contribution < -0.4 is 10.5 Å². The molecule has 112 valence electrons. The Balaban J connectivity index is 2.43. The van der Waals surface area contributed by atoms with Gasteiger partial charge < -0.3 is 10.5 Å². The number of fused-ring (bicyclic) bond motifs is 1. The lowest BCUT2D eigenvalue weighted by Gasteiger charge is -2.14. The second-order valence-electron chi connectivity index (χ2n) is 5.03. The SMILES string of the molecule is COc1ccc(C)c(-c2nc(F)cc3c(N)ncnc23)c1C. The van der Waals surface area contributed by atoms with Gasteiger partial charge in [0, 0.05) is 22.6 Å². The van der Waals surface area contributed by atoms with Crippen LogP contribution in [0.25, 0.3) is 22.2 Å². The predicted molar refractivity (Wildman–Crippen MR) is 83.2 cm³/mol. The number of benzene rings is 1. The van der Waals surface area contributed by atoms with Gasteiger partial charge in [0.05, 0.1) is 7.11 Å². The van der Waals surface area contributed by atoms with E-state index in [9.17, 15) is 4.39 Å². The topological polar surface area (TPSA) is 73.9 Å². The summed E-state index contributed by atoms with van der Waals surface area (Å²) in [5.41, 5.74) is 9.42. The number of halogens is 1. The Hall–Kier alpha value is -2.76. The monoisotopic (exact) mass is 298 g/mol. The summed E-state index contributed by atoms with van der Waals surface area (Å²) in [4.78, 5) is 12.2. The first-order chi connectivity index (χ1) is 10.5. The van der Waals surface area contributed by atoms with Crippen molar-refractivity contribution in [3.8, 4) is 17.0 Å². The molecule has 0 unspecified atom stereocenters. The first kappa shape index (κ1) is 14.2. The van der Waals surface area contributed by atoms with Crippen molar-refractivity contribution in [3.63, 3.8) is 0 Å². The van der Waals surface area contributed by atoms with Crippen molar-refractivity contribution in [2.24, 2.45) is 0 Å². The third-order valence-corrected chi connectivity index (χ3v) is 3.70. The third-order valence-electron chi connectivity index (χ3n) is 3.70. The zero-order valence-electron chi connectivity index (χ0n) is 12.5. The quantitative estimate of drug-likeness (QED) is 0.736. The van der Waals surface area contributed by atoms with Crippen molar-refractivity contribution in [1.29, 1.82) is 0 Å². The van der Waals surface area contributed by atoms with E-state index in [4.69, 9.17) is 10.5 Å². The summed E-state index contributed by atoms with van der Waals surface area (Å²) in [5.74, 6) is 0.318. The molecule has 0 bridgehead atoms. The van der Waals surface area contributed by atoms with E-state index in [1.807, 2.05) is 26.0 Å². The summed E-state index contributed by atoms with van der Waals surface area (Å²) in [7, 11) is 1.60. The van der Waals surface area contributed by atoms with E-state index >= 15 is 0 Å². The molecule has 0 aliphatic heterocycles. The molecule has 22 heavy (non-hydrogen) atoms. The van der Waals surface area contributed by atoms with Crippen molar-refractivity contribution >= 4 is 16.7 Å². The van der Waals surface area contributed by atoms with Gasteiger partial charge in [0.2, 0.25) is 5.95 Å². The van der Waals surface area contributed by atoms with Crippen molar-refractivity contribution in [2.45, 2.75) is 13.8 Å². The number of nitrogens with zero attached hydrogens (tertiary/aromatic N) is 3. The predicted octanol–water partition coefficient (Wildman–Crippen LogP) is 3.04. The van der Waals surface area contributed by atoms with E-state index in [0.29, 0.717) is 22.3 Å². The number of pyridine rings is 1. The number of nitrogen functional groups attached to an aromatic ring is 1. The number of hydrogen-bond acceptors (Lipinski definition) is 5. The van der Waals surface area contributed by atoms with Crippen LogP contribution in [-0.4, -0.2) is 22.1 Å². The van der Waals surface area contributed by atoms with E-state index in [2.05, 4.69) is 15.0 Å². The van der Waals surface area contributed by atoms with Crippen molar-refractivity contribution < 1.29 is 9.13 Å². The van der Waals surface area contributed by atoms with Crippen LogP contribution in [0.3, 0.4) is 0 Å². The Morgan fingerprint density at radius 1 is 1.18 bits per heavy atom. The molecule has 6 heteroatoms. The largest absolute Gasteiger partial charge is 0.496 e. The fraction of sp³-hybridized carbons (Fsp3) is 0.188. The van der Waals surface area contributed by atoms with E-state index in [1.54, 1.807) is 7.11 Å². The summed E-state index contributed by atoms with van der Waals surface area (Å²) >= 11 is 0. The molecule has 5 nitrogen and oxygen atoms in total. The van der Waals surface area contributed by atoms with Crippen molar-refractivity contribution in [1.82, 2.24) is 15.0 Å². The van der Waals surface area contributed by atoms with Crippen molar-refractivity contribution in [3.05, 3.63) is 41.6 Å². The van der Waals surface area contributed by atoms with Gasteiger partial charge in [-0.05, 0) is 25.5 Å². The molecule has 0 atom stereocenters. The van der Waals surface area contributed by atoms with Crippen LogP contribution >= 0.6 is 0 Å². The highest BCUT2D eigenvalue weighted by Gasteiger charge is 2.17. The van der Waals surface area contributed by atoms with Crippen LogP contribution in [0.1, 0.15) is 11.1 Å². The number of aromatic nitrogens is 3. The minimum Gasteiger partial charge on any atom is -0.496 e. The fourth-order valence-corrected chi connectivity index (χ4v) is 2.64. The molecule has 2 N–H and O–H groups in total. The lowest BCUT2D eigenvalue weighted by atomic mass is 9.97.